The molecule has 186 valence electrons. The van der Waals surface area contributed by atoms with Crippen molar-refractivity contribution in [2.45, 2.75) is 44.7 Å². The molecule has 0 spiro atoms. The number of β-lactam (4-membered cyclic amide) rings is 1. The highest BCUT2D eigenvalue weighted by atomic mass is 32.2. The third-order valence-electron chi connectivity index (χ3n) is 7.47. The molecule has 2 aromatic rings. The van der Waals surface area contributed by atoms with Gasteiger partial charge < -0.3 is 15.1 Å². The summed E-state index contributed by atoms with van der Waals surface area (Å²) in [4.78, 5) is 26.0. The van der Waals surface area contributed by atoms with Gasteiger partial charge in [-0.3, -0.25) is 9.10 Å². The van der Waals surface area contributed by atoms with Gasteiger partial charge in [-0.15, -0.1) is 0 Å². The number of anilines is 1. The number of amides is 1. The highest BCUT2D eigenvalue weighted by Crippen LogP contribution is 2.48. The van der Waals surface area contributed by atoms with Crippen molar-refractivity contribution in [3.8, 4) is 0 Å². The predicted octanol–water partition coefficient (Wildman–Crippen LogP) is 0.401. The summed E-state index contributed by atoms with van der Waals surface area (Å²) in [7, 11) is -1.79. The van der Waals surface area contributed by atoms with Crippen LogP contribution in [-0.2, 0) is 45.4 Å². The lowest BCUT2D eigenvalue weighted by molar-refractivity contribution is -0.671. The number of aliphatic hydroxyl groups is 1. The number of hydrogen-bond donors (Lipinski definition) is 2. The topological polar surface area (TPSA) is 124 Å². The largest absolute Gasteiger partial charge is 0.477 e. The Morgan fingerprint density at radius 3 is 2.69 bits per heavy atom. The minimum atomic E-state index is -3.72. The average molecular weight is 502 g/mol. The van der Waals surface area contributed by atoms with Crippen LogP contribution in [0.1, 0.15) is 25.0 Å². The Hall–Kier alpha value is -3.18. The third-order valence-corrected chi connectivity index (χ3v) is 9.13. The first-order valence-electron chi connectivity index (χ1n) is 11.6. The van der Waals surface area contributed by atoms with Crippen LogP contribution in [0.2, 0.25) is 0 Å². The van der Waals surface area contributed by atoms with Crippen LogP contribution in [-0.4, -0.2) is 58.7 Å². The fraction of sp³-hybridized carbons (Fsp3) is 0.458. The molecule has 1 saturated heterocycles. The summed E-state index contributed by atoms with van der Waals surface area (Å²) in [6.45, 7) is 3.87. The maximum absolute atomic E-state index is 13.3. The van der Waals surface area contributed by atoms with E-state index in [1.807, 2.05) is 47.0 Å². The lowest BCUT2D eigenvalue weighted by atomic mass is 9.78. The summed E-state index contributed by atoms with van der Waals surface area (Å²) in [6, 6.07) is 5.02. The van der Waals surface area contributed by atoms with E-state index in [4.69, 9.17) is 0 Å². The molecule has 1 aromatic carbocycles. The molecule has 1 aromatic heterocycles. The first-order chi connectivity index (χ1) is 16.5. The number of sulfonamides is 1. The molecule has 4 atom stereocenters. The number of aliphatic carboxylic acids is 1. The van der Waals surface area contributed by atoms with E-state index in [-0.39, 0.29) is 18.0 Å². The van der Waals surface area contributed by atoms with Crippen molar-refractivity contribution in [3.63, 3.8) is 0 Å². The van der Waals surface area contributed by atoms with E-state index in [0.29, 0.717) is 24.2 Å². The average Bonchev–Trinajstić information content (AvgIpc) is 3.38. The molecular weight excluding hydrogens is 472 g/mol. The summed E-state index contributed by atoms with van der Waals surface area (Å²) in [5.74, 6) is -2.94. The Bertz CT molecular complexity index is 1360. The molecule has 3 aliphatic rings. The SMILES string of the molecule is C[C@@H](O)[C@H]1C(=O)N2C(C(=O)O)=C(CN3c4cccc(CCn5cc[n+](C)c5)c4CS3(=O)=O)[C@H](C)[C@H]12. The maximum Gasteiger partial charge on any atom is 0.352 e. The first kappa shape index (κ1) is 23.6. The van der Waals surface area contributed by atoms with Crippen molar-refractivity contribution in [2.75, 3.05) is 10.8 Å². The van der Waals surface area contributed by atoms with Crippen molar-refractivity contribution in [1.29, 1.82) is 0 Å². The van der Waals surface area contributed by atoms with Gasteiger partial charge in [-0.2, -0.15) is 0 Å². The van der Waals surface area contributed by atoms with Gasteiger partial charge in [0, 0.05) is 12.3 Å². The number of carboxylic acids is 1. The summed E-state index contributed by atoms with van der Waals surface area (Å²) >= 11 is 0. The van der Waals surface area contributed by atoms with Crippen LogP contribution in [0, 0.1) is 11.8 Å². The van der Waals surface area contributed by atoms with Gasteiger partial charge in [-0.05, 0) is 29.7 Å². The van der Waals surface area contributed by atoms with Gasteiger partial charge >= 0.3 is 5.97 Å². The molecule has 5 rings (SSSR count). The van der Waals surface area contributed by atoms with Gasteiger partial charge in [0.05, 0.1) is 49.6 Å². The molecule has 2 N–H and O–H groups in total. The number of carboxylic acid groups (broad SMARTS) is 1. The zero-order valence-corrected chi connectivity index (χ0v) is 20.6. The lowest BCUT2D eigenvalue weighted by Crippen LogP contribution is -2.63. The molecule has 0 saturated carbocycles. The quantitative estimate of drug-likeness (QED) is 0.418. The first-order valence-corrected chi connectivity index (χ1v) is 13.2. The molecule has 35 heavy (non-hydrogen) atoms. The van der Waals surface area contributed by atoms with Gasteiger partial charge in [0.25, 0.3) is 0 Å². The number of aliphatic hydroxyl groups excluding tert-OH is 1. The van der Waals surface area contributed by atoms with Crippen LogP contribution in [0.5, 0.6) is 0 Å². The smallest absolute Gasteiger partial charge is 0.352 e. The minimum Gasteiger partial charge on any atom is -0.477 e. The molecule has 0 aliphatic carbocycles. The highest BCUT2D eigenvalue weighted by molar-refractivity contribution is 7.92. The van der Waals surface area contributed by atoms with Crippen molar-refractivity contribution < 1.29 is 32.8 Å². The molecule has 4 heterocycles. The van der Waals surface area contributed by atoms with E-state index >= 15 is 0 Å². The summed E-state index contributed by atoms with van der Waals surface area (Å²) < 4.78 is 31.8. The Morgan fingerprint density at radius 2 is 2.06 bits per heavy atom. The molecule has 11 heteroatoms. The number of carbonyl (C=O) groups is 2. The molecule has 0 radical (unpaired) electrons. The van der Waals surface area contributed by atoms with E-state index in [9.17, 15) is 28.2 Å². The number of aryl methyl sites for hydroxylation is 3. The summed E-state index contributed by atoms with van der Waals surface area (Å²) in [5, 5.41) is 20.0. The fourth-order valence-corrected chi connectivity index (χ4v) is 7.40. The van der Waals surface area contributed by atoms with Crippen LogP contribution < -0.4 is 8.87 Å². The Balaban J connectivity index is 1.47. The molecule has 3 aliphatic heterocycles. The van der Waals surface area contributed by atoms with Crippen LogP contribution in [0.4, 0.5) is 5.69 Å². The molecule has 0 unspecified atom stereocenters. The lowest BCUT2D eigenvalue weighted by Gasteiger charge is -2.46. The minimum absolute atomic E-state index is 0.137. The van der Waals surface area contributed by atoms with Crippen LogP contribution in [0.3, 0.4) is 0 Å². The number of benzene rings is 1. The Kier molecular flexibility index (Phi) is 5.52. The third kappa shape index (κ3) is 3.64. The Morgan fingerprint density at radius 1 is 1.31 bits per heavy atom. The number of carbonyl (C=O) groups excluding carboxylic acids is 1. The summed E-state index contributed by atoms with van der Waals surface area (Å²) in [5.41, 5.74) is 2.45. The van der Waals surface area contributed by atoms with E-state index in [0.717, 1.165) is 11.1 Å². The van der Waals surface area contributed by atoms with Crippen molar-refractivity contribution in [3.05, 3.63) is 59.3 Å². The van der Waals surface area contributed by atoms with Gasteiger partial charge in [0.2, 0.25) is 22.3 Å². The predicted molar refractivity (Wildman–Crippen MR) is 125 cm³/mol. The zero-order valence-electron chi connectivity index (χ0n) is 19.8. The van der Waals surface area contributed by atoms with Gasteiger partial charge in [0.15, 0.2) is 0 Å². The highest BCUT2D eigenvalue weighted by Gasteiger charge is 2.60. The van der Waals surface area contributed by atoms with E-state index < -0.39 is 45.9 Å². The number of hydrogen-bond acceptors (Lipinski definition) is 5. The van der Waals surface area contributed by atoms with E-state index in [2.05, 4.69) is 0 Å². The second kappa shape index (κ2) is 8.20. The number of fused-ring (bicyclic) bond motifs is 2. The van der Waals surface area contributed by atoms with Crippen LogP contribution in [0.15, 0.2) is 48.2 Å². The molecule has 10 nitrogen and oxygen atoms in total. The Labute approximate surface area is 203 Å². The fourth-order valence-electron chi connectivity index (χ4n) is 5.74. The standard InChI is InChI=1S/C24H28N4O6S/c1-14-17(22(24(31)32)28-21(14)20(15(2)29)23(28)30)11-27-19-6-4-5-16(18(19)12-35(27,33)34)7-8-26-10-9-25(3)13-26/h4-6,9-10,13-15,20-21,29H,7-8,11-12H2,1-3H3/p+1/t14-,15+,20+,21+/m0/s1. The van der Waals surface area contributed by atoms with Crippen LogP contribution >= 0.6 is 0 Å². The molecular formula is C24H29N4O6S+. The zero-order chi connectivity index (χ0) is 25.2. The molecule has 0 bridgehead atoms. The van der Waals surface area contributed by atoms with Gasteiger partial charge in [-0.1, -0.05) is 19.1 Å². The second-order valence-corrected chi connectivity index (χ2v) is 11.6. The monoisotopic (exact) mass is 501 g/mol. The number of nitrogens with zero attached hydrogens (tertiary/aromatic N) is 4. The van der Waals surface area contributed by atoms with Crippen molar-refractivity contribution in [1.82, 2.24) is 9.47 Å². The van der Waals surface area contributed by atoms with Gasteiger partial charge in [0.1, 0.15) is 18.1 Å². The van der Waals surface area contributed by atoms with Gasteiger partial charge in [-0.25, -0.2) is 22.3 Å². The maximum atomic E-state index is 13.3. The van der Waals surface area contributed by atoms with E-state index in [1.165, 1.54) is 16.1 Å². The summed E-state index contributed by atoms with van der Waals surface area (Å²) in [6.07, 6.45) is 5.59. The van der Waals surface area contributed by atoms with E-state index in [1.54, 1.807) is 13.0 Å². The number of rotatable bonds is 7. The second-order valence-electron chi connectivity index (χ2n) is 9.68. The van der Waals surface area contributed by atoms with Crippen molar-refractivity contribution in [2.24, 2.45) is 18.9 Å². The van der Waals surface area contributed by atoms with Crippen molar-refractivity contribution >= 4 is 27.6 Å². The number of aromatic nitrogens is 2. The molecule has 1 fully saturated rings. The number of imidazole rings is 1. The molecule has 1 amide bonds. The van der Waals surface area contributed by atoms with Crippen LogP contribution in [0.25, 0.3) is 0 Å². The normalized spacial score (nSPS) is 25.5.